The van der Waals surface area contributed by atoms with E-state index >= 15 is 0 Å². The first-order valence-electron chi connectivity index (χ1n) is 11.5. The predicted octanol–water partition coefficient (Wildman–Crippen LogP) is 3.88. The molecule has 0 saturated heterocycles. The number of fused-ring (bicyclic) bond motifs is 2. The van der Waals surface area contributed by atoms with E-state index in [-0.39, 0.29) is 11.5 Å². The SMILES string of the molecule is CNCCCN1c2ccccc2CCc2ccccc21.CNC[C@H](O)c1ccc(O)c(O)c1. The summed E-state index contributed by atoms with van der Waals surface area (Å²) >= 11 is 0. The van der Waals surface area contributed by atoms with Gasteiger partial charge in [-0.3, -0.25) is 0 Å². The van der Waals surface area contributed by atoms with Crippen molar-refractivity contribution in [2.45, 2.75) is 25.4 Å². The van der Waals surface area contributed by atoms with Gasteiger partial charge in [0.25, 0.3) is 0 Å². The second-order valence-electron chi connectivity index (χ2n) is 8.19. The highest BCUT2D eigenvalue weighted by molar-refractivity contribution is 5.71. The van der Waals surface area contributed by atoms with Gasteiger partial charge in [0.1, 0.15) is 0 Å². The van der Waals surface area contributed by atoms with E-state index in [2.05, 4.69) is 64.1 Å². The van der Waals surface area contributed by atoms with Gasteiger partial charge in [0.05, 0.1) is 6.10 Å². The number of hydrogen-bond acceptors (Lipinski definition) is 6. The first-order valence-corrected chi connectivity index (χ1v) is 11.5. The van der Waals surface area contributed by atoms with Crippen LogP contribution in [0.3, 0.4) is 0 Å². The maximum atomic E-state index is 9.48. The first-order chi connectivity index (χ1) is 16.0. The van der Waals surface area contributed by atoms with Gasteiger partial charge in [0.15, 0.2) is 11.5 Å². The zero-order valence-electron chi connectivity index (χ0n) is 19.5. The van der Waals surface area contributed by atoms with E-state index in [1.165, 1.54) is 34.6 Å². The fourth-order valence-corrected chi connectivity index (χ4v) is 4.08. The van der Waals surface area contributed by atoms with Crippen molar-refractivity contribution in [3.05, 3.63) is 83.4 Å². The topological polar surface area (TPSA) is 88.0 Å². The summed E-state index contributed by atoms with van der Waals surface area (Å²) in [6.07, 6.45) is 2.75. The van der Waals surface area contributed by atoms with Gasteiger partial charge in [0.2, 0.25) is 0 Å². The van der Waals surface area contributed by atoms with Crippen LogP contribution in [0, 0.1) is 0 Å². The molecule has 5 N–H and O–H groups in total. The lowest BCUT2D eigenvalue weighted by Crippen LogP contribution is -2.22. The molecule has 0 saturated carbocycles. The Bertz CT molecular complexity index is 977. The number of nitrogens with one attached hydrogen (secondary N) is 2. The van der Waals surface area contributed by atoms with E-state index in [4.69, 9.17) is 10.2 Å². The van der Waals surface area contributed by atoms with Crippen LogP contribution in [0.15, 0.2) is 66.7 Å². The van der Waals surface area contributed by atoms with Crippen LogP contribution >= 0.6 is 0 Å². The molecule has 6 heteroatoms. The first kappa shape index (κ1) is 24.6. The number of phenols is 2. The minimum atomic E-state index is -0.670. The largest absolute Gasteiger partial charge is 0.504 e. The van der Waals surface area contributed by atoms with Crippen LogP contribution in [0.1, 0.15) is 29.2 Å². The van der Waals surface area contributed by atoms with Crippen LogP contribution in [0.5, 0.6) is 11.5 Å². The molecule has 0 unspecified atom stereocenters. The van der Waals surface area contributed by atoms with Gasteiger partial charge in [-0.1, -0.05) is 42.5 Å². The molecule has 3 aromatic rings. The summed E-state index contributed by atoms with van der Waals surface area (Å²) in [4.78, 5) is 2.50. The molecule has 0 fully saturated rings. The molecular weight excluding hydrogens is 414 g/mol. The monoisotopic (exact) mass is 449 g/mol. The molecule has 4 rings (SSSR count). The molecule has 33 heavy (non-hydrogen) atoms. The summed E-state index contributed by atoms with van der Waals surface area (Å²) in [6.45, 7) is 2.53. The van der Waals surface area contributed by atoms with Crippen LogP contribution in [-0.4, -0.2) is 49.0 Å². The third-order valence-corrected chi connectivity index (χ3v) is 5.82. The van der Waals surface area contributed by atoms with Crippen LogP contribution < -0.4 is 15.5 Å². The molecule has 0 radical (unpaired) electrons. The molecule has 6 nitrogen and oxygen atoms in total. The molecule has 1 heterocycles. The van der Waals surface area contributed by atoms with Gasteiger partial charge in [-0.15, -0.1) is 0 Å². The zero-order chi connectivity index (χ0) is 23.6. The summed E-state index contributed by atoms with van der Waals surface area (Å²) in [5, 5.41) is 33.7. The highest BCUT2D eigenvalue weighted by Crippen LogP contribution is 2.35. The van der Waals surface area contributed by atoms with E-state index in [0.29, 0.717) is 12.1 Å². The lowest BCUT2D eigenvalue weighted by Gasteiger charge is -2.27. The van der Waals surface area contributed by atoms with Crippen molar-refractivity contribution in [1.82, 2.24) is 10.6 Å². The van der Waals surface area contributed by atoms with Crippen LogP contribution in [0.4, 0.5) is 11.4 Å². The second kappa shape index (κ2) is 12.3. The molecule has 0 spiro atoms. The lowest BCUT2D eigenvalue weighted by molar-refractivity contribution is 0.177. The third kappa shape index (κ3) is 6.48. The number of likely N-dealkylation sites (N-methyl/N-ethyl adjacent to an activating group) is 1. The highest BCUT2D eigenvalue weighted by Gasteiger charge is 2.19. The Morgan fingerprint density at radius 1 is 0.818 bits per heavy atom. The Labute approximate surface area is 196 Å². The van der Waals surface area contributed by atoms with E-state index < -0.39 is 6.10 Å². The summed E-state index contributed by atoms with van der Waals surface area (Å²) in [7, 11) is 3.74. The number of benzene rings is 3. The van der Waals surface area contributed by atoms with Crippen LogP contribution in [-0.2, 0) is 12.8 Å². The number of rotatable bonds is 7. The number of phenolic OH excluding ortho intramolecular Hbond substituents is 2. The fraction of sp³-hybridized carbons (Fsp3) is 0.333. The molecule has 0 amide bonds. The van der Waals surface area contributed by atoms with Crippen molar-refractivity contribution in [2.24, 2.45) is 0 Å². The minimum Gasteiger partial charge on any atom is -0.504 e. The molecule has 0 aromatic heterocycles. The van der Waals surface area contributed by atoms with Gasteiger partial charge in [-0.25, -0.2) is 0 Å². The third-order valence-electron chi connectivity index (χ3n) is 5.82. The number of anilines is 2. The number of hydrogen-bond donors (Lipinski definition) is 5. The maximum Gasteiger partial charge on any atom is 0.157 e. The van der Waals surface area contributed by atoms with Crippen molar-refractivity contribution in [3.8, 4) is 11.5 Å². The Balaban J connectivity index is 0.000000205. The lowest BCUT2D eigenvalue weighted by atomic mass is 10.0. The van der Waals surface area contributed by atoms with Gasteiger partial charge in [-0.05, 0) is 80.9 Å². The van der Waals surface area contributed by atoms with Crippen LogP contribution in [0.2, 0.25) is 0 Å². The summed E-state index contributed by atoms with van der Waals surface area (Å²) in [5.74, 6) is -0.395. The zero-order valence-corrected chi connectivity index (χ0v) is 19.5. The van der Waals surface area contributed by atoms with Gasteiger partial charge >= 0.3 is 0 Å². The number of aliphatic hydroxyl groups is 1. The second-order valence-corrected chi connectivity index (χ2v) is 8.19. The summed E-state index contributed by atoms with van der Waals surface area (Å²) in [6, 6.07) is 21.9. The Morgan fingerprint density at radius 3 is 1.97 bits per heavy atom. The molecule has 3 aromatic carbocycles. The summed E-state index contributed by atoms with van der Waals surface area (Å²) < 4.78 is 0. The Hall–Kier alpha value is -3.06. The van der Waals surface area contributed by atoms with Crippen molar-refractivity contribution in [3.63, 3.8) is 0 Å². The van der Waals surface area contributed by atoms with Gasteiger partial charge < -0.3 is 30.9 Å². The van der Waals surface area contributed by atoms with E-state index in [9.17, 15) is 5.11 Å². The normalized spacial score (nSPS) is 13.2. The van der Waals surface area contributed by atoms with E-state index in [1.807, 2.05) is 7.05 Å². The Morgan fingerprint density at radius 2 is 1.42 bits per heavy atom. The van der Waals surface area contributed by atoms with Crippen molar-refractivity contribution in [2.75, 3.05) is 38.6 Å². The van der Waals surface area contributed by atoms with Crippen LogP contribution in [0.25, 0.3) is 0 Å². The van der Waals surface area contributed by atoms with Crippen molar-refractivity contribution in [1.29, 1.82) is 0 Å². The molecule has 1 atom stereocenters. The van der Waals surface area contributed by atoms with Gasteiger partial charge in [0, 0.05) is 24.5 Å². The number of nitrogens with zero attached hydrogens (tertiary/aromatic N) is 1. The molecule has 1 aliphatic rings. The average Bonchev–Trinajstić information content (AvgIpc) is 2.99. The quantitative estimate of drug-likeness (QED) is 0.278. The minimum absolute atomic E-state index is 0.180. The number of aliphatic hydroxyl groups excluding tert-OH is 1. The number of para-hydroxylation sites is 2. The van der Waals surface area contributed by atoms with E-state index in [1.54, 1.807) is 13.1 Å². The smallest absolute Gasteiger partial charge is 0.157 e. The predicted molar refractivity (Wildman–Crippen MR) is 134 cm³/mol. The standard InChI is InChI=1S/C18H22N2.C9H13NO3/c1-19-13-6-14-20-17-9-4-2-7-15(17)11-12-16-8-3-5-10-18(16)20;1-10-5-9(13)6-2-3-7(11)8(12)4-6/h2-5,7-10,19H,6,11-14H2,1H3;2-4,9-13H,5H2,1H3/t;9-/m.0/s1. The number of aromatic hydroxyl groups is 2. The Kier molecular flexibility index (Phi) is 9.13. The number of aryl methyl sites for hydroxylation is 2. The molecular formula is C27H35N3O3. The van der Waals surface area contributed by atoms with Crippen molar-refractivity contribution < 1.29 is 15.3 Å². The van der Waals surface area contributed by atoms with Crippen molar-refractivity contribution >= 4 is 11.4 Å². The fourth-order valence-electron chi connectivity index (χ4n) is 4.08. The molecule has 1 aliphatic heterocycles. The maximum absolute atomic E-state index is 9.48. The van der Waals surface area contributed by atoms with E-state index in [0.717, 1.165) is 32.4 Å². The highest BCUT2D eigenvalue weighted by atomic mass is 16.3. The van der Waals surface area contributed by atoms with Gasteiger partial charge in [-0.2, -0.15) is 0 Å². The molecule has 0 aliphatic carbocycles. The molecule has 176 valence electrons. The summed E-state index contributed by atoms with van der Waals surface area (Å²) in [5.41, 5.74) is 6.27. The average molecular weight is 450 g/mol. The molecule has 0 bridgehead atoms.